The minimum Gasteiger partial charge on any atom is -0.469 e. The molecule has 0 atom stereocenters. The summed E-state index contributed by atoms with van der Waals surface area (Å²) in [6, 6.07) is 6.22. The van der Waals surface area contributed by atoms with Crippen LogP contribution >= 0.6 is 0 Å². The van der Waals surface area contributed by atoms with Gasteiger partial charge in [0, 0.05) is 19.5 Å². The molecule has 0 heterocycles. The standard InChI is InChI=1S/C16H22FNO3/c1-3-4-15(19)18(12-10-16(20)21-2)11-9-13-5-7-14(17)8-6-13/h5-8H,3-4,9-12H2,1-2H3. The first kappa shape index (κ1) is 17.1. The highest BCUT2D eigenvalue weighted by Gasteiger charge is 2.14. The summed E-state index contributed by atoms with van der Waals surface area (Å²) in [4.78, 5) is 24.9. The van der Waals surface area contributed by atoms with Gasteiger partial charge in [0.05, 0.1) is 13.5 Å². The monoisotopic (exact) mass is 295 g/mol. The Kier molecular flexibility index (Phi) is 7.43. The molecular weight excluding hydrogens is 273 g/mol. The number of halogens is 1. The third-order valence-electron chi connectivity index (χ3n) is 3.21. The number of ether oxygens (including phenoxy) is 1. The third-order valence-corrected chi connectivity index (χ3v) is 3.21. The second-order valence-corrected chi connectivity index (χ2v) is 4.83. The quantitative estimate of drug-likeness (QED) is 0.692. The number of esters is 1. The third kappa shape index (κ3) is 6.38. The molecule has 0 saturated heterocycles. The molecule has 5 heteroatoms. The molecule has 0 saturated carbocycles. The van der Waals surface area contributed by atoms with Crippen LogP contribution in [0.1, 0.15) is 31.7 Å². The van der Waals surface area contributed by atoms with Gasteiger partial charge in [-0.3, -0.25) is 9.59 Å². The first-order valence-electron chi connectivity index (χ1n) is 7.15. The zero-order valence-corrected chi connectivity index (χ0v) is 12.6. The summed E-state index contributed by atoms with van der Waals surface area (Å²) < 4.78 is 17.4. The highest BCUT2D eigenvalue weighted by Crippen LogP contribution is 2.07. The summed E-state index contributed by atoms with van der Waals surface area (Å²) in [6.45, 7) is 2.81. The average Bonchev–Trinajstić information content (AvgIpc) is 2.48. The van der Waals surface area contributed by atoms with Gasteiger partial charge in [-0.2, -0.15) is 0 Å². The van der Waals surface area contributed by atoms with E-state index in [0.717, 1.165) is 12.0 Å². The Hall–Kier alpha value is -1.91. The van der Waals surface area contributed by atoms with E-state index >= 15 is 0 Å². The van der Waals surface area contributed by atoms with Gasteiger partial charge in [0.25, 0.3) is 0 Å². The van der Waals surface area contributed by atoms with Crippen LogP contribution in [0.3, 0.4) is 0 Å². The molecule has 1 rings (SSSR count). The topological polar surface area (TPSA) is 46.6 Å². The molecule has 0 bridgehead atoms. The van der Waals surface area contributed by atoms with Gasteiger partial charge in [-0.25, -0.2) is 4.39 Å². The average molecular weight is 295 g/mol. The van der Waals surface area contributed by atoms with Crippen molar-refractivity contribution in [2.24, 2.45) is 0 Å². The van der Waals surface area contributed by atoms with Crippen molar-refractivity contribution in [2.45, 2.75) is 32.6 Å². The van der Waals surface area contributed by atoms with Crippen LogP contribution in [-0.4, -0.2) is 37.0 Å². The number of carbonyl (C=O) groups is 2. The maximum absolute atomic E-state index is 12.8. The Balaban J connectivity index is 2.56. The second kappa shape index (κ2) is 9.10. The molecule has 4 nitrogen and oxygen atoms in total. The van der Waals surface area contributed by atoms with Crippen LogP contribution in [0.4, 0.5) is 4.39 Å². The van der Waals surface area contributed by atoms with Gasteiger partial charge in [0.1, 0.15) is 5.82 Å². The molecule has 0 unspecified atom stereocenters. The van der Waals surface area contributed by atoms with Crippen molar-refractivity contribution in [3.8, 4) is 0 Å². The molecule has 1 aromatic rings. The molecule has 21 heavy (non-hydrogen) atoms. The Bertz CT molecular complexity index is 459. The van der Waals surface area contributed by atoms with E-state index in [1.165, 1.54) is 19.2 Å². The lowest BCUT2D eigenvalue weighted by atomic mass is 10.1. The van der Waals surface area contributed by atoms with Crippen LogP contribution < -0.4 is 0 Å². The first-order valence-corrected chi connectivity index (χ1v) is 7.15. The fourth-order valence-corrected chi connectivity index (χ4v) is 1.98. The van der Waals surface area contributed by atoms with E-state index in [4.69, 9.17) is 0 Å². The van der Waals surface area contributed by atoms with Crippen LogP contribution in [0.15, 0.2) is 24.3 Å². The summed E-state index contributed by atoms with van der Waals surface area (Å²) in [5, 5.41) is 0. The second-order valence-electron chi connectivity index (χ2n) is 4.83. The molecule has 0 aliphatic heterocycles. The summed E-state index contributed by atoms with van der Waals surface area (Å²) in [7, 11) is 1.33. The van der Waals surface area contributed by atoms with Crippen molar-refractivity contribution in [1.82, 2.24) is 4.90 Å². The first-order chi connectivity index (χ1) is 10.1. The largest absolute Gasteiger partial charge is 0.469 e. The molecule has 0 aliphatic carbocycles. The Morgan fingerprint density at radius 1 is 1.14 bits per heavy atom. The minimum absolute atomic E-state index is 0.0310. The van der Waals surface area contributed by atoms with Crippen molar-refractivity contribution in [3.05, 3.63) is 35.6 Å². The smallest absolute Gasteiger partial charge is 0.307 e. The minimum atomic E-state index is -0.328. The summed E-state index contributed by atoms with van der Waals surface area (Å²) in [6.07, 6.45) is 2.06. The molecule has 0 radical (unpaired) electrons. The number of amides is 1. The zero-order valence-electron chi connectivity index (χ0n) is 12.6. The van der Waals surface area contributed by atoms with Gasteiger partial charge in [0.15, 0.2) is 0 Å². The van der Waals surface area contributed by atoms with Crippen LogP contribution in [0.25, 0.3) is 0 Å². The van der Waals surface area contributed by atoms with Gasteiger partial charge in [-0.15, -0.1) is 0 Å². The molecule has 0 fully saturated rings. The predicted octanol–water partition coefficient (Wildman–Crippen LogP) is 2.56. The number of benzene rings is 1. The molecule has 1 amide bonds. The van der Waals surface area contributed by atoms with Gasteiger partial charge < -0.3 is 9.64 Å². The van der Waals surface area contributed by atoms with Crippen LogP contribution in [-0.2, 0) is 20.7 Å². The van der Waals surface area contributed by atoms with Crippen molar-refractivity contribution in [2.75, 3.05) is 20.2 Å². The molecule has 0 aromatic heterocycles. The summed E-state index contributed by atoms with van der Waals surface area (Å²) in [5.41, 5.74) is 0.962. The molecule has 0 aliphatic rings. The normalized spacial score (nSPS) is 10.2. The van der Waals surface area contributed by atoms with E-state index in [2.05, 4.69) is 4.74 Å². The van der Waals surface area contributed by atoms with E-state index in [9.17, 15) is 14.0 Å². The number of hydrogen-bond donors (Lipinski definition) is 0. The molecular formula is C16H22FNO3. The number of nitrogens with zero attached hydrogens (tertiary/aromatic N) is 1. The molecule has 0 spiro atoms. The summed E-state index contributed by atoms with van der Waals surface area (Å²) in [5.74, 6) is -0.571. The van der Waals surface area contributed by atoms with Gasteiger partial charge >= 0.3 is 5.97 Å². The number of carbonyl (C=O) groups excluding carboxylic acids is 2. The lowest BCUT2D eigenvalue weighted by molar-refractivity contribution is -0.141. The lowest BCUT2D eigenvalue weighted by Gasteiger charge is -2.22. The lowest BCUT2D eigenvalue weighted by Crippen LogP contribution is -2.34. The van der Waals surface area contributed by atoms with Crippen molar-refractivity contribution in [1.29, 1.82) is 0 Å². The number of methoxy groups -OCH3 is 1. The Morgan fingerprint density at radius 2 is 1.81 bits per heavy atom. The van der Waals surface area contributed by atoms with Crippen molar-refractivity contribution < 1.29 is 18.7 Å². The highest BCUT2D eigenvalue weighted by molar-refractivity contribution is 5.77. The van der Waals surface area contributed by atoms with Crippen molar-refractivity contribution >= 4 is 11.9 Å². The van der Waals surface area contributed by atoms with E-state index < -0.39 is 0 Å². The van der Waals surface area contributed by atoms with Crippen molar-refractivity contribution in [3.63, 3.8) is 0 Å². The van der Waals surface area contributed by atoms with Gasteiger partial charge in [-0.05, 0) is 30.5 Å². The highest BCUT2D eigenvalue weighted by atomic mass is 19.1. The van der Waals surface area contributed by atoms with E-state index in [1.54, 1.807) is 17.0 Å². The van der Waals surface area contributed by atoms with E-state index in [1.807, 2.05) is 6.92 Å². The fraction of sp³-hybridized carbons (Fsp3) is 0.500. The number of hydrogen-bond acceptors (Lipinski definition) is 3. The van der Waals surface area contributed by atoms with Crippen LogP contribution in [0.5, 0.6) is 0 Å². The summed E-state index contributed by atoms with van der Waals surface area (Å²) >= 11 is 0. The van der Waals surface area contributed by atoms with E-state index in [0.29, 0.717) is 25.9 Å². The molecule has 116 valence electrons. The Morgan fingerprint density at radius 3 is 2.38 bits per heavy atom. The predicted molar refractivity (Wildman–Crippen MR) is 78.2 cm³/mol. The van der Waals surface area contributed by atoms with Crippen LogP contribution in [0.2, 0.25) is 0 Å². The fourth-order valence-electron chi connectivity index (χ4n) is 1.98. The Labute approximate surface area is 124 Å². The number of rotatable bonds is 8. The zero-order chi connectivity index (χ0) is 15.7. The van der Waals surface area contributed by atoms with Gasteiger partial charge in [-0.1, -0.05) is 19.1 Å². The van der Waals surface area contributed by atoms with Gasteiger partial charge in [0.2, 0.25) is 5.91 Å². The maximum atomic E-state index is 12.8. The molecule has 0 N–H and O–H groups in total. The van der Waals surface area contributed by atoms with E-state index in [-0.39, 0.29) is 24.1 Å². The molecule has 1 aromatic carbocycles. The maximum Gasteiger partial charge on any atom is 0.307 e. The SMILES string of the molecule is CCCC(=O)N(CCC(=O)OC)CCc1ccc(F)cc1. The van der Waals surface area contributed by atoms with Crippen LogP contribution in [0, 0.1) is 5.82 Å².